The second kappa shape index (κ2) is 21.8. The van der Waals surface area contributed by atoms with Crippen molar-refractivity contribution in [3.05, 3.63) is 307 Å². The molecule has 4 heterocycles. The number of fused-ring (bicyclic) bond motifs is 12. The second-order valence-electron chi connectivity index (χ2n) is 31.2. The van der Waals surface area contributed by atoms with Gasteiger partial charge in [0.2, 0.25) is 0 Å². The molecule has 13 aromatic carbocycles. The van der Waals surface area contributed by atoms with Crippen LogP contribution in [0.2, 0.25) is 0 Å². The average molecular weight is 1280 g/mol. The first kappa shape index (κ1) is 59.4. The van der Waals surface area contributed by atoms with E-state index in [4.69, 9.17) is 0 Å². The molecule has 5 heteroatoms. The van der Waals surface area contributed by atoms with Crippen molar-refractivity contribution in [2.75, 3.05) is 9.80 Å². The van der Waals surface area contributed by atoms with E-state index in [9.17, 15) is 0 Å². The summed E-state index contributed by atoms with van der Waals surface area (Å²) in [5, 5.41) is 4.94. The van der Waals surface area contributed by atoms with Crippen molar-refractivity contribution in [2.45, 2.75) is 103 Å². The number of rotatable bonds is 8. The highest BCUT2D eigenvalue weighted by Crippen LogP contribution is 2.54. The number of nitrogens with zero attached hydrogens (tertiary/aromatic N) is 4. The van der Waals surface area contributed by atoms with Crippen LogP contribution in [0, 0.1) is 0 Å². The molecule has 0 saturated carbocycles. The third kappa shape index (κ3) is 8.98. The first-order chi connectivity index (χ1) is 48.1. The quantitative estimate of drug-likeness (QED) is 0.141. The maximum Gasteiger partial charge on any atom is 0.252 e. The smallest absolute Gasteiger partial charge is 0.252 e. The van der Waals surface area contributed by atoms with Crippen LogP contribution in [0.25, 0.3) is 99.5 Å². The van der Waals surface area contributed by atoms with E-state index >= 15 is 0 Å². The molecule has 0 bridgehead atoms. The number of hydrogen-bond donors (Lipinski definition) is 0. The van der Waals surface area contributed by atoms with Crippen molar-refractivity contribution >= 4 is 101 Å². The lowest BCUT2D eigenvalue weighted by molar-refractivity contribution is 0.332. The van der Waals surface area contributed by atoms with Gasteiger partial charge in [0, 0.05) is 77.9 Å². The second-order valence-corrected chi connectivity index (χ2v) is 31.2. The van der Waals surface area contributed by atoms with Crippen LogP contribution in [-0.4, -0.2) is 15.8 Å². The van der Waals surface area contributed by atoms with Gasteiger partial charge in [0.05, 0.1) is 33.4 Å². The summed E-state index contributed by atoms with van der Waals surface area (Å²) in [6.45, 7) is 19.4. The standard InChI is InChI=1S/C94H79BN4/c1-91(2)52-54-93(5,6)76-56-62(44-48-74(76)91)66-30-15-19-38-80(66)98-84-42-25-43-85-88(84)95(78-50-46-64(58-86(78)98)96-82-40-21-17-32-70(82)72-36-23-34-68(89(72)96)60-26-11-9-12-27-60)79-51-47-65(97-83-41-22-18-33-71(83)73-37-24-35-69(90(73)97)61-28-13-10-14-29-61)59-87(79)99(85)81-39-20-16-31-67(81)63-45-49-75-77(57-63)94(7,8)55-53-92(75,3)4/h9-51,56-59H,52-55H2,1-8H3. The SMILES string of the molecule is CC1(C)CCC(C)(C)c2cc(-c3ccccc3N3c4cc(-n5c6ccccc6c6cccc(-c7ccccc7)c65)ccc4B4c5ccc(-n6c7ccccc7c7cccc(-c8ccccc8)c76)cc5N(c5ccccc5-c5ccc6c(c5)C(C)(C)CCC6(C)C)c5cccc3c54)ccc21. The third-order valence-electron chi connectivity index (χ3n) is 23.7. The summed E-state index contributed by atoms with van der Waals surface area (Å²) in [6, 6.07) is 109. The Kier molecular flexibility index (Phi) is 13.1. The number of hydrogen-bond acceptors (Lipinski definition) is 2. The van der Waals surface area contributed by atoms with Gasteiger partial charge in [0.25, 0.3) is 6.71 Å². The van der Waals surface area contributed by atoms with Crippen LogP contribution in [0.1, 0.15) is 103 Å². The van der Waals surface area contributed by atoms with Gasteiger partial charge in [-0.3, -0.25) is 0 Å². The van der Waals surface area contributed by atoms with Crippen molar-refractivity contribution in [3.63, 3.8) is 0 Å². The summed E-state index contributed by atoms with van der Waals surface area (Å²) in [7, 11) is 0. The third-order valence-corrected chi connectivity index (χ3v) is 23.7. The lowest BCUT2D eigenvalue weighted by Gasteiger charge is -2.45. The summed E-state index contributed by atoms with van der Waals surface area (Å²) >= 11 is 0. The van der Waals surface area contributed by atoms with E-state index in [2.05, 4.69) is 359 Å². The Labute approximate surface area is 582 Å². The fraction of sp³-hybridized carbons (Fsp3) is 0.170. The van der Waals surface area contributed by atoms with Crippen molar-refractivity contribution in [3.8, 4) is 55.9 Å². The number of benzene rings is 13. The molecule has 0 N–H and O–H groups in total. The molecular weight excluding hydrogens is 1200 g/mol. The normalized spacial score (nSPS) is 16.0. The molecule has 478 valence electrons. The maximum atomic E-state index is 2.66. The minimum absolute atomic E-state index is 0.0275. The number of para-hydroxylation sites is 6. The molecular formula is C94H79BN4. The van der Waals surface area contributed by atoms with Gasteiger partial charge in [-0.15, -0.1) is 0 Å². The van der Waals surface area contributed by atoms with E-state index in [-0.39, 0.29) is 28.4 Å². The molecule has 0 fully saturated rings. The highest BCUT2D eigenvalue weighted by Gasteiger charge is 2.46. The van der Waals surface area contributed by atoms with Gasteiger partial charge in [-0.1, -0.05) is 280 Å². The molecule has 2 aromatic heterocycles. The summed E-state index contributed by atoms with van der Waals surface area (Å²) in [6.07, 6.45) is 4.62. The monoisotopic (exact) mass is 1270 g/mol. The van der Waals surface area contributed by atoms with Crippen LogP contribution in [0.15, 0.2) is 285 Å². The minimum Gasteiger partial charge on any atom is -0.311 e. The van der Waals surface area contributed by atoms with E-state index in [1.165, 1.54) is 151 Å². The van der Waals surface area contributed by atoms with Crippen LogP contribution in [0.5, 0.6) is 0 Å². The largest absolute Gasteiger partial charge is 0.311 e. The molecule has 0 spiro atoms. The number of aromatic nitrogens is 2. The zero-order chi connectivity index (χ0) is 66.8. The summed E-state index contributed by atoms with van der Waals surface area (Å²) in [4.78, 5) is 5.31. The lowest BCUT2D eigenvalue weighted by Crippen LogP contribution is -2.61. The predicted octanol–water partition coefficient (Wildman–Crippen LogP) is 23.3. The molecule has 4 nitrogen and oxygen atoms in total. The molecule has 19 rings (SSSR count). The molecule has 0 unspecified atom stereocenters. The van der Waals surface area contributed by atoms with Gasteiger partial charge in [0.15, 0.2) is 0 Å². The summed E-state index contributed by atoms with van der Waals surface area (Å²) in [5.41, 5.74) is 33.5. The van der Waals surface area contributed by atoms with Gasteiger partial charge in [-0.05, 0) is 169 Å². The first-order valence-electron chi connectivity index (χ1n) is 35.8. The predicted molar refractivity (Wildman–Crippen MR) is 421 cm³/mol. The number of anilines is 6. The maximum absolute atomic E-state index is 2.66. The van der Waals surface area contributed by atoms with Gasteiger partial charge >= 0.3 is 0 Å². The van der Waals surface area contributed by atoms with E-state index in [1.807, 2.05) is 0 Å². The molecule has 0 saturated heterocycles. The zero-order valence-corrected chi connectivity index (χ0v) is 57.8. The summed E-state index contributed by atoms with van der Waals surface area (Å²) < 4.78 is 5.10. The molecule has 99 heavy (non-hydrogen) atoms. The molecule has 0 atom stereocenters. The molecule has 0 radical (unpaired) electrons. The fourth-order valence-corrected chi connectivity index (χ4v) is 18.3. The average Bonchev–Trinajstić information content (AvgIpc) is 1.69. The Morgan fingerprint density at radius 2 is 0.616 bits per heavy atom. The van der Waals surface area contributed by atoms with E-state index < -0.39 is 0 Å². The molecule has 15 aromatic rings. The first-order valence-corrected chi connectivity index (χ1v) is 35.8. The highest BCUT2D eigenvalue weighted by atomic mass is 15.2. The van der Waals surface area contributed by atoms with Crippen molar-refractivity contribution in [1.82, 2.24) is 9.13 Å². The van der Waals surface area contributed by atoms with Crippen molar-refractivity contribution < 1.29 is 0 Å². The Morgan fingerprint density at radius 3 is 1.06 bits per heavy atom. The Morgan fingerprint density at radius 1 is 0.263 bits per heavy atom. The Bertz CT molecular complexity index is 5490. The van der Waals surface area contributed by atoms with Crippen LogP contribution in [0.4, 0.5) is 34.1 Å². The molecule has 4 aliphatic rings. The summed E-state index contributed by atoms with van der Waals surface area (Å²) in [5.74, 6) is 0. The molecule has 2 aliphatic carbocycles. The lowest BCUT2D eigenvalue weighted by atomic mass is 9.33. The van der Waals surface area contributed by atoms with Crippen LogP contribution >= 0.6 is 0 Å². The highest BCUT2D eigenvalue weighted by molar-refractivity contribution is 7.00. The van der Waals surface area contributed by atoms with Crippen LogP contribution < -0.4 is 26.2 Å². The van der Waals surface area contributed by atoms with E-state index in [1.54, 1.807) is 0 Å². The van der Waals surface area contributed by atoms with E-state index in [0.717, 1.165) is 47.0 Å². The van der Waals surface area contributed by atoms with Crippen LogP contribution in [0.3, 0.4) is 0 Å². The van der Waals surface area contributed by atoms with Crippen molar-refractivity contribution in [2.24, 2.45) is 0 Å². The minimum atomic E-state index is -0.161. The molecule has 0 amide bonds. The molecule has 2 aliphatic heterocycles. The topological polar surface area (TPSA) is 16.3 Å². The van der Waals surface area contributed by atoms with Crippen molar-refractivity contribution in [1.29, 1.82) is 0 Å². The van der Waals surface area contributed by atoms with Gasteiger partial charge in [0.1, 0.15) is 0 Å². The zero-order valence-electron chi connectivity index (χ0n) is 57.8. The van der Waals surface area contributed by atoms with E-state index in [0.29, 0.717) is 0 Å². The Balaban J connectivity index is 0.905. The van der Waals surface area contributed by atoms with Gasteiger partial charge in [-0.2, -0.15) is 0 Å². The van der Waals surface area contributed by atoms with Crippen LogP contribution in [-0.2, 0) is 21.7 Å². The van der Waals surface area contributed by atoms with Gasteiger partial charge in [-0.25, -0.2) is 0 Å². The Hall–Kier alpha value is -10.9. The van der Waals surface area contributed by atoms with Gasteiger partial charge < -0.3 is 18.9 Å². The fourth-order valence-electron chi connectivity index (χ4n) is 18.3.